The van der Waals surface area contributed by atoms with Crippen LogP contribution in [0, 0.1) is 5.41 Å². The summed E-state index contributed by atoms with van der Waals surface area (Å²) < 4.78 is 47.1. The molecule has 0 spiro atoms. The molecule has 2 atom stereocenters. The van der Waals surface area contributed by atoms with Crippen LogP contribution < -0.4 is 5.73 Å². The number of ether oxygens (including phenoxy) is 2. The summed E-state index contributed by atoms with van der Waals surface area (Å²) in [4.78, 5) is 37.1. The summed E-state index contributed by atoms with van der Waals surface area (Å²) >= 11 is 1.15. The first-order chi connectivity index (χ1) is 12.3. The molecule has 2 heterocycles. The van der Waals surface area contributed by atoms with Gasteiger partial charge in [0, 0.05) is 11.8 Å². The Bertz CT molecular complexity index is 712. The minimum atomic E-state index is -4.58. The van der Waals surface area contributed by atoms with Crippen molar-refractivity contribution in [3.8, 4) is 0 Å². The molecule has 0 aromatic heterocycles. The predicted octanol–water partition coefficient (Wildman–Crippen LogP) is 1.69. The summed E-state index contributed by atoms with van der Waals surface area (Å²) in [6.07, 6.45) is -3.89. The number of hydrogen-bond donors (Lipinski definition) is 1. The lowest BCUT2D eigenvalue weighted by Gasteiger charge is -2.48. The largest absolute Gasteiger partial charge is 0.427 e. The molecule has 27 heavy (non-hydrogen) atoms. The SMILES string of the molecule is CC(C)(C)C(=O)OCOC(=O)C1=C(C=CC(F)(F)F)CS[C@@H]2C(N)C(=O)N12. The Labute approximate surface area is 157 Å². The van der Waals surface area contributed by atoms with E-state index >= 15 is 0 Å². The molecular formula is C16H19F3N2O5S. The van der Waals surface area contributed by atoms with Crippen LogP contribution in [0.2, 0.25) is 0 Å². The van der Waals surface area contributed by atoms with Gasteiger partial charge in [-0.1, -0.05) is 6.08 Å². The number of hydrogen-bond acceptors (Lipinski definition) is 7. The fourth-order valence-electron chi connectivity index (χ4n) is 2.27. The number of thioether (sulfide) groups is 1. The number of fused-ring (bicyclic) bond motifs is 1. The molecule has 2 rings (SSSR count). The van der Waals surface area contributed by atoms with E-state index in [9.17, 15) is 27.6 Å². The summed E-state index contributed by atoms with van der Waals surface area (Å²) in [5, 5.41) is -0.555. The second kappa shape index (κ2) is 7.55. The van der Waals surface area contributed by atoms with Crippen LogP contribution in [0.15, 0.2) is 23.4 Å². The van der Waals surface area contributed by atoms with Gasteiger partial charge < -0.3 is 15.2 Å². The molecule has 1 saturated heterocycles. The topological polar surface area (TPSA) is 98.9 Å². The van der Waals surface area contributed by atoms with Crippen molar-refractivity contribution >= 4 is 29.6 Å². The van der Waals surface area contributed by atoms with Crippen molar-refractivity contribution in [1.29, 1.82) is 0 Å². The van der Waals surface area contributed by atoms with E-state index in [1.165, 1.54) is 0 Å². The number of allylic oxidation sites excluding steroid dienone is 2. The zero-order valence-electron chi connectivity index (χ0n) is 14.8. The molecule has 0 bridgehead atoms. The van der Waals surface area contributed by atoms with Crippen molar-refractivity contribution in [3.05, 3.63) is 23.4 Å². The third-order valence-corrected chi connectivity index (χ3v) is 5.02. The number of rotatable bonds is 4. The predicted molar refractivity (Wildman–Crippen MR) is 89.8 cm³/mol. The molecule has 1 amide bonds. The van der Waals surface area contributed by atoms with Gasteiger partial charge in [-0.3, -0.25) is 14.5 Å². The molecule has 2 aliphatic heterocycles. The van der Waals surface area contributed by atoms with Gasteiger partial charge in [0.05, 0.1) is 5.41 Å². The van der Waals surface area contributed by atoms with Gasteiger partial charge in [-0.25, -0.2) is 4.79 Å². The standard InChI is InChI=1S/C16H19F3N2O5S/c1-15(2,3)14(24)26-7-25-13(23)10-8(4-5-16(17,18)19)6-27-12-9(20)11(22)21(10)12/h4-5,9,12H,6-7,20H2,1-3H3/t9?,12-/m1/s1. The average Bonchev–Trinajstić information content (AvgIpc) is 2.56. The van der Waals surface area contributed by atoms with Gasteiger partial charge in [-0.15, -0.1) is 11.8 Å². The Balaban J connectivity index is 2.19. The summed E-state index contributed by atoms with van der Waals surface area (Å²) in [5.74, 6) is -2.24. The molecule has 150 valence electrons. The van der Waals surface area contributed by atoms with Crippen LogP contribution in [0.5, 0.6) is 0 Å². The molecule has 11 heteroatoms. The van der Waals surface area contributed by atoms with Crippen LogP contribution >= 0.6 is 11.8 Å². The first kappa shape index (κ1) is 21.3. The number of alkyl halides is 3. The van der Waals surface area contributed by atoms with E-state index in [4.69, 9.17) is 15.2 Å². The maximum Gasteiger partial charge on any atom is 0.409 e. The van der Waals surface area contributed by atoms with E-state index in [-0.39, 0.29) is 23.1 Å². The quantitative estimate of drug-likeness (QED) is 0.429. The lowest BCUT2D eigenvalue weighted by molar-refractivity contribution is -0.173. The highest BCUT2D eigenvalue weighted by Crippen LogP contribution is 2.40. The number of amides is 1. The molecule has 0 aromatic rings. The number of nitrogens with two attached hydrogens (primary N) is 1. The molecular weight excluding hydrogens is 389 g/mol. The lowest BCUT2D eigenvalue weighted by Crippen LogP contribution is -2.68. The van der Waals surface area contributed by atoms with Crippen LogP contribution in [0.3, 0.4) is 0 Å². The van der Waals surface area contributed by atoms with Crippen LogP contribution in [0.1, 0.15) is 20.8 Å². The number of β-lactam (4-membered cyclic amide) rings is 1. The summed E-state index contributed by atoms with van der Waals surface area (Å²) in [5.41, 5.74) is 4.49. The average molecular weight is 408 g/mol. The van der Waals surface area contributed by atoms with E-state index in [0.29, 0.717) is 0 Å². The van der Waals surface area contributed by atoms with Crippen LogP contribution in [-0.4, -0.2) is 52.9 Å². The molecule has 0 radical (unpaired) electrons. The van der Waals surface area contributed by atoms with Crippen LogP contribution in [0.25, 0.3) is 0 Å². The van der Waals surface area contributed by atoms with Gasteiger partial charge in [-0.2, -0.15) is 13.2 Å². The molecule has 0 aliphatic carbocycles. The van der Waals surface area contributed by atoms with Crippen molar-refractivity contribution in [1.82, 2.24) is 4.90 Å². The van der Waals surface area contributed by atoms with Gasteiger partial charge in [0.25, 0.3) is 0 Å². The third-order valence-electron chi connectivity index (χ3n) is 3.70. The minimum absolute atomic E-state index is 0.0269. The monoisotopic (exact) mass is 408 g/mol. The number of halogens is 3. The maximum atomic E-state index is 12.5. The molecule has 0 saturated carbocycles. The zero-order chi connectivity index (χ0) is 20.6. The van der Waals surface area contributed by atoms with Crippen molar-refractivity contribution in [3.63, 3.8) is 0 Å². The number of carbonyl (C=O) groups excluding carboxylic acids is 3. The highest BCUT2D eigenvalue weighted by molar-refractivity contribution is 8.00. The van der Waals surface area contributed by atoms with E-state index in [0.717, 1.165) is 22.7 Å². The maximum absolute atomic E-state index is 12.5. The summed E-state index contributed by atoms with van der Waals surface area (Å²) in [6.45, 7) is 4.08. The zero-order valence-corrected chi connectivity index (χ0v) is 15.6. The number of esters is 2. The lowest BCUT2D eigenvalue weighted by atomic mass is 9.98. The van der Waals surface area contributed by atoms with Crippen molar-refractivity contribution in [2.24, 2.45) is 11.1 Å². The molecule has 1 unspecified atom stereocenters. The highest BCUT2D eigenvalue weighted by atomic mass is 32.2. The Kier molecular flexibility index (Phi) is 5.95. The summed E-state index contributed by atoms with van der Waals surface area (Å²) in [7, 11) is 0. The first-order valence-electron chi connectivity index (χ1n) is 7.86. The van der Waals surface area contributed by atoms with Crippen LogP contribution in [0.4, 0.5) is 13.2 Å². The normalized spacial score (nSPS) is 23.2. The van der Waals surface area contributed by atoms with Gasteiger partial charge in [0.1, 0.15) is 17.1 Å². The number of carbonyl (C=O) groups is 3. The molecule has 0 aromatic carbocycles. The molecule has 2 aliphatic rings. The second-order valence-corrected chi connectivity index (χ2v) is 8.02. The van der Waals surface area contributed by atoms with Crippen molar-refractivity contribution < 1.29 is 37.0 Å². The van der Waals surface area contributed by atoms with Gasteiger partial charge in [0.15, 0.2) is 0 Å². The van der Waals surface area contributed by atoms with E-state index < -0.39 is 47.6 Å². The Morgan fingerprint density at radius 3 is 2.48 bits per heavy atom. The van der Waals surface area contributed by atoms with E-state index in [1.54, 1.807) is 20.8 Å². The van der Waals surface area contributed by atoms with E-state index in [1.807, 2.05) is 0 Å². The first-order valence-corrected chi connectivity index (χ1v) is 8.91. The fourth-order valence-corrected chi connectivity index (χ4v) is 3.54. The Morgan fingerprint density at radius 1 is 1.30 bits per heavy atom. The van der Waals surface area contributed by atoms with E-state index in [2.05, 4.69) is 0 Å². The van der Waals surface area contributed by atoms with Gasteiger partial charge in [0.2, 0.25) is 12.7 Å². The Morgan fingerprint density at radius 2 is 1.93 bits per heavy atom. The third kappa shape index (κ3) is 4.83. The van der Waals surface area contributed by atoms with Crippen LogP contribution in [-0.2, 0) is 23.9 Å². The highest BCUT2D eigenvalue weighted by Gasteiger charge is 2.52. The second-order valence-electron chi connectivity index (χ2n) is 6.92. The molecule has 1 fully saturated rings. The number of nitrogens with zero attached hydrogens (tertiary/aromatic N) is 1. The van der Waals surface area contributed by atoms with Crippen molar-refractivity contribution in [2.45, 2.75) is 38.4 Å². The molecule has 7 nitrogen and oxygen atoms in total. The van der Waals surface area contributed by atoms with Gasteiger partial charge >= 0.3 is 18.1 Å². The summed E-state index contributed by atoms with van der Waals surface area (Å²) in [6, 6.07) is -0.843. The minimum Gasteiger partial charge on any atom is -0.427 e. The van der Waals surface area contributed by atoms with Crippen molar-refractivity contribution in [2.75, 3.05) is 12.5 Å². The Hall–Kier alpha value is -2.01. The van der Waals surface area contributed by atoms with Gasteiger partial charge in [-0.05, 0) is 26.3 Å². The fraction of sp³-hybridized carbons (Fsp3) is 0.562. The smallest absolute Gasteiger partial charge is 0.409 e. The molecule has 2 N–H and O–H groups in total.